The van der Waals surface area contributed by atoms with Crippen LogP contribution in [0.4, 0.5) is 0 Å². The summed E-state index contributed by atoms with van der Waals surface area (Å²) in [5, 5.41) is 5.66. The Balaban J connectivity index is 1.81. The van der Waals surface area contributed by atoms with Gasteiger partial charge in [0.05, 0.1) is 28.1 Å². The lowest BCUT2D eigenvalue weighted by Crippen LogP contribution is -2.27. The summed E-state index contributed by atoms with van der Waals surface area (Å²) in [7, 11) is 1.83. The minimum Gasteiger partial charge on any atom is -0.335 e. The van der Waals surface area contributed by atoms with E-state index < -0.39 is 0 Å². The van der Waals surface area contributed by atoms with E-state index >= 15 is 0 Å². The highest BCUT2D eigenvalue weighted by Gasteiger charge is 2.20. The Morgan fingerprint density at radius 2 is 1.82 bits per heavy atom. The van der Waals surface area contributed by atoms with Crippen molar-refractivity contribution < 1.29 is 4.79 Å². The van der Waals surface area contributed by atoms with Crippen molar-refractivity contribution >= 4 is 23.3 Å². The van der Waals surface area contributed by atoms with E-state index in [1.807, 2.05) is 82.8 Å². The number of benzene rings is 1. The topological polar surface area (TPSA) is 51.0 Å². The van der Waals surface area contributed by atoms with Crippen LogP contribution in [-0.2, 0) is 4.79 Å². The van der Waals surface area contributed by atoms with Crippen LogP contribution in [0.3, 0.4) is 0 Å². The second kappa shape index (κ2) is 8.10. The van der Waals surface area contributed by atoms with Gasteiger partial charge in [0.1, 0.15) is 0 Å². The molecule has 0 fully saturated rings. The van der Waals surface area contributed by atoms with Crippen molar-refractivity contribution in [3.63, 3.8) is 0 Å². The zero-order valence-corrected chi connectivity index (χ0v) is 18.0. The molecule has 0 saturated carbocycles. The van der Waals surface area contributed by atoms with Crippen LogP contribution in [0.2, 0.25) is 0 Å². The Kier molecular flexibility index (Phi) is 5.79. The lowest BCUT2D eigenvalue weighted by atomic mass is 10.1. The minimum absolute atomic E-state index is 0.0161. The zero-order chi connectivity index (χ0) is 20.4. The number of carbonyl (C=O) groups is 1. The van der Waals surface area contributed by atoms with Crippen LogP contribution < -0.4 is 0 Å². The maximum atomic E-state index is 12.7. The van der Waals surface area contributed by atoms with E-state index in [-0.39, 0.29) is 11.9 Å². The number of nitrogens with zero attached hydrogens (tertiary/aromatic N) is 4. The molecule has 5 nitrogen and oxygen atoms in total. The molecule has 0 radical (unpaired) electrons. The summed E-state index contributed by atoms with van der Waals surface area (Å²) in [6.07, 6.45) is 3.50. The van der Waals surface area contributed by atoms with E-state index in [9.17, 15) is 4.79 Å². The fourth-order valence-electron chi connectivity index (χ4n) is 3.29. The first-order chi connectivity index (χ1) is 13.3. The van der Waals surface area contributed by atoms with E-state index in [2.05, 4.69) is 10.1 Å². The molecule has 1 atom stereocenters. The number of aromatic nitrogens is 3. The first kappa shape index (κ1) is 20.0. The summed E-state index contributed by atoms with van der Waals surface area (Å²) in [6.45, 7) is 10.0. The average Bonchev–Trinajstić information content (AvgIpc) is 3.17. The highest BCUT2D eigenvalue weighted by atomic mass is 32.1. The number of aryl methyl sites for hydroxylation is 3. The summed E-state index contributed by atoms with van der Waals surface area (Å²) < 4.78 is 1.91. The van der Waals surface area contributed by atoms with Gasteiger partial charge in [-0.3, -0.25) is 4.79 Å². The first-order valence-electron chi connectivity index (χ1n) is 9.30. The van der Waals surface area contributed by atoms with Crippen LogP contribution in [0.5, 0.6) is 0 Å². The lowest BCUT2D eigenvalue weighted by Gasteiger charge is -2.23. The van der Waals surface area contributed by atoms with Crippen LogP contribution in [-0.4, -0.2) is 32.6 Å². The largest absolute Gasteiger partial charge is 0.335 e. The molecule has 0 bridgehead atoms. The molecule has 0 saturated heterocycles. The molecule has 28 heavy (non-hydrogen) atoms. The summed E-state index contributed by atoms with van der Waals surface area (Å²) in [5.74, 6) is -0.0378. The van der Waals surface area contributed by atoms with Crippen LogP contribution >= 0.6 is 11.3 Å². The van der Waals surface area contributed by atoms with Gasteiger partial charge in [-0.15, -0.1) is 11.3 Å². The fourth-order valence-corrected chi connectivity index (χ4v) is 4.31. The zero-order valence-electron chi connectivity index (χ0n) is 17.2. The van der Waals surface area contributed by atoms with E-state index in [0.29, 0.717) is 0 Å². The molecule has 1 amide bonds. The van der Waals surface area contributed by atoms with Crippen molar-refractivity contribution in [1.82, 2.24) is 19.7 Å². The van der Waals surface area contributed by atoms with Gasteiger partial charge in [-0.05, 0) is 52.8 Å². The second-order valence-electron chi connectivity index (χ2n) is 6.97. The van der Waals surface area contributed by atoms with Gasteiger partial charge >= 0.3 is 0 Å². The van der Waals surface area contributed by atoms with Gasteiger partial charge in [0.2, 0.25) is 5.91 Å². The number of likely N-dealkylation sites (N-methyl/N-ethyl adjacent to an activating group) is 1. The van der Waals surface area contributed by atoms with Gasteiger partial charge in [-0.2, -0.15) is 5.10 Å². The number of hydrogen-bond acceptors (Lipinski definition) is 4. The summed E-state index contributed by atoms with van der Waals surface area (Å²) in [5.41, 5.74) is 4.89. The molecule has 2 heterocycles. The molecule has 0 aliphatic rings. The molecule has 0 aliphatic carbocycles. The number of thiazole rings is 1. The third-order valence-electron chi connectivity index (χ3n) is 4.99. The van der Waals surface area contributed by atoms with Gasteiger partial charge in [0.25, 0.3) is 0 Å². The predicted octanol–water partition coefficient (Wildman–Crippen LogP) is 4.80. The standard InChI is InChI=1S/C22H26N4OS/c1-14-20(16(3)26(24-14)19-10-8-7-9-11-19)12-13-21(27)25(6)17(4)22-15(2)23-18(5)28-22/h7-13,17H,1-6H3/b13-12+. The highest BCUT2D eigenvalue weighted by Crippen LogP contribution is 2.28. The Labute approximate surface area is 170 Å². The molecule has 1 aromatic carbocycles. The average molecular weight is 395 g/mol. The summed E-state index contributed by atoms with van der Waals surface area (Å²) >= 11 is 1.65. The molecule has 2 aromatic heterocycles. The molecule has 0 spiro atoms. The molecule has 3 aromatic rings. The number of amides is 1. The highest BCUT2D eigenvalue weighted by molar-refractivity contribution is 7.11. The van der Waals surface area contributed by atoms with Crippen molar-refractivity contribution in [2.75, 3.05) is 7.05 Å². The fraction of sp³-hybridized carbons (Fsp3) is 0.318. The number of rotatable bonds is 5. The second-order valence-corrected chi connectivity index (χ2v) is 8.21. The molecule has 146 valence electrons. The lowest BCUT2D eigenvalue weighted by molar-refractivity contribution is -0.126. The number of para-hydroxylation sites is 1. The molecule has 6 heteroatoms. The normalized spacial score (nSPS) is 12.5. The number of hydrogen-bond donors (Lipinski definition) is 0. The van der Waals surface area contributed by atoms with Crippen molar-refractivity contribution in [2.24, 2.45) is 0 Å². The van der Waals surface area contributed by atoms with Gasteiger partial charge < -0.3 is 4.90 Å². The Bertz CT molecular complexity index is 1020. The molecule has 3 rings (SSSR count). The summed E-state index contributed by atoms with van der Waals surface area (Å²) in [4.78, 5) is 20.1. The minimum atomic E-state index is -0.0378. The van der Waals surface area contributed by atoms with Gasteiger partial charge in [-0.1, -0.05) is 18.2 Å². The predicted molar refractivity (Wildman–Crippen MR) is 115 cm³/mol. The van der Waals surface area contributed by atoms with Gasteiger partial charge in [0.15, 0.2) is 0 Å². The first-order valence-corrected chi connectivity index (χ1v) is 10.1. The third-order valence-corrected chi connectivity index (χ3v) is 6.23. The molecule has 0 N–H and O–H groups in total. The van der Waals surface area contributed by atoms with Crippen LogP contribution in [0, 0.1) is 27.7 Å². The molecular formula is C22H26N4OS. The monoisotopic (exact) mass is 394 g/mol. The van der Waals surface area contributed by atoms with Gasteiger partial charge in [-0.25, -0.2) is 9.67 Å². The quantitative estimate of drug-likeness (QED) is 0.584. The molecule has 1 unspecified atom stereocenters. The van der Waals surface area contributed by atoms with E-state index in [4.69, 9.17) is 0 Å². The van der Waals surface area contributed by atoms with Crippen molar-refractivity contribution in [3.8, 4) is 5.69 Å². The van der Waals surface area contributed by atoms with Gasteiger partial charge in [0, 0.05) is 29.3 Å². The van der Waals surface area contributed by atoms with Crippen LogP contribution in [0.15, 0.2) is 36.4 Å². The van der Waals surface area contributed by atoms with Crippen LogP contribution in [0.1, 0.15) is 45.5 Å². The van der Waals surface area contributed by atoms with Crippen LogP contribution in [0.25, 0.3) is 11.8 Å². The van der Waals surface area contributed by atoms with E-state index in [1.54, 1.807) is 22.3 Å². The third kappa shape index (κ3) is 3.92. The van der Waals surface area contributed by atoms with E-state index in [0.717, 1.165) is 38.2 Å². The van der Waals surface area contributed by atoms with Crippen molar-refractivity contribution in [3.05, 3.63) is 68.9 Å². The Hall–Kier alpha value is -2.73. The maximum Gasteiger partial charge on any atom is 0.246 e. The smallest absolute Gasteiger partial charge is 0.246 e. The SMILES string of the molecule is Cc1nc(C)c(C(C)N(C)C(=O)/C=C/c2c(C)nn(-c3ccccc3)c2C)s1. The van der Waals surface area contributed by atoms with Crippen molar-refractivity contribution in [1.29, 1.82) is 0 Å². The Morgan fingerprint density at radius 1 is 1.14 bits per heavy atom. The summed E-state index contributed by atoms with van der Waals surface area (Å²) in [6, 6.07) is 9.99. The van der Waals surface area contributed by atoms with E-state index in [1.165, 1.54) is 0 Å². The Morgan fingerprint density at radius 3 is 2.43 bits per heavy atom. The number of carbonyl (C=O) groups excluding carboxylic acids is 1. The maximum absolute atomic E-state index is 12.7. The molecular weight excluding hydrogens is 368 g/mol. The molecule has 0 aliphatic heterocycles. The van der Waals surface area contributed by atoms with Crippen molar-refractivity contribution in [2.45, 2.75) is 40.7 Å².